The molecule has 0 spiro atoms. The van der Waals surface area contributed by atoms with E-state index >= 15 is 0 Å². The maximum atomic E-state index is 10.6. The first-order valence-corrected chi connectivity index (χ1v) is 5.43. The van der Waals surface area contributed by atoms with Crippen LogP contribution >= 0.6 is 15.9 Å². The Kier molecular flexibility index (Phi) is 4.56. The molecule has 0 aliphatic rings. The van der Waals surface area contributed by atoms with Crippen molar-refractivity contribution in [3.63, 3.8) is 0 Å². The minimum atomic E-state index is -0.251. The van der Waals surface area contributed by atoms with Gasteiger partial charge in [-0.1, -0.05) is 34.1 Å². The van der Waals surface area contributed by atoms with Crippen LogP contribution in [-0.4, -0.2) is 12.6 Å². The molecule has 0 aromatic heterocycles. The maximum Gasteiger partial charge on any atom is 0.302 e. The molecule has 2 nitrogen and oxygen atoms in total. The number of hydrogen-bond acceptors (Lipinski definition) is 2. The van der Waals surface area contributed by atoms with Gasteiger partial charge in [-0.3, -0.25) is 4.79 Å². The summed E-state index contributed by atoms with van der Waals surface area (Å²) in [6, 6.07) is 7.96. The summed E-state index contributed by atoms with van der Waals surface area (Å²) in [7, 11) is 0. The quantitative estimate of drug-likeness (QED) is 0.786. The molecule has 0 fully saturated rings. The topological polar surface area (TPSA) is 26.3 Å². The standard InChI is InChI=1S/C12H13BrO2/c1-9(8-15-10(2)14)7-11-3-5-12(13)6-4-11/h3-7H,8H2,1-2H3. The van der Waals surface area contributed by atoms with Gasteiger partial charge in [-0.05, 0) is 30.2 Å². The fraction of sp³-hybridized carbons (Fsp3) is 0.250. The second-order valence-corrected chi connectivity index (χ2v) is 4.24. The molecule has 0 saturated carbocycles. The SMILES string of the molecule is CC(=O)OCC(C)=Cc1ccc(Br)cc1. The van der Waals surface area contributed by atoms with Gasteiger partial charge in [0.25, 0.3) is 0 Å². The highest BCUT2D eigenvalue weighted by atomic mass is 79.9. The number of benzene rings is 1. The van der Waals surface area contributed by atoms with E-state index in [4.69, 9.17) is 4.74 Å². The van der Waals surface area contributed by atoms with Crippen molar-refractivity contribution in [1.29, 1.82) is 0 Å². The zero-order chi connectivity index (χ0) is 11.3. The largest absolute Gasteiger partial charge is 0.461 e. The number of carbonyl (C=O) groups is 1. The average molecular weight is 269 g/mol. The van der Waals surface area contributed by atoms with E-state index in [1.165, 1.54) is 6.92 Å². The lowest BCUT2D eigenvalue weighted by Gasteiger charge is -2.02. The van der Waals surface area contributed by atoms with Crippen LogP contribution in [0.15, 0.2) is 34.3 Å². The Labute approximate surface area is 98.1 Å². The Morgan fingerprint density at radius 3 is 2.47 bits per heavy atom. The van der Waals surface area contributed by atoms with Crippen molar-refractivity contribution in [3.05, 3.63) is 39.9 Å². The number of rotatable bonds is 3. The highest BCUT2D eigenvalue weighted by Crippen LogP contribution is 2.13. The lowest BCUT2D eigenvalue weighted by molar-refractivity contribution is -0.139. The van der Waals surface area contributed by atoms with E-state index in [-0.39, 0.29) is 5.97 Å². The Morgan fingerprint density at radius 1 is 1.33 bits per heavy atom. The van der Waals surface area contributed by atoms with Crippen molar-refractivity contribution in [1.82, 2.24) is 0 Å². The molecule has 0 unspecified atom stereocenters. The summed E-state index contributed by atoms with van der Waals surface area (Å²) in [6.07, 6.45) is 2.00. The molecule has 0 saturated heterocycles. The summed E-state index contributed by atoms with van der Waals surface area (Å²) < 4.78 is 5.94. The predicted octanol–water partition coefficient (Wildman–Crippen LogP) is 3.42. The van der Waals surface area contributed by atoms with E-state index in [0.717, 1.165) is 15.6 Å². The Morgan fingerprint density at radius 2 is 1.93 bits per heavy atom. The third kappa shape index (κ3) is 4.79. The summed E-state index contributed by atoms with van der Waals surface area (Å²) in [5, 5.41) is 0. The van der Waals surface area contributed by atoms with Crippen LogP contribution in [0.5, 0.6) is 0 Å². The van der Waals surface area contributed by atoms with Crippen molar-refractivity contribution in [2.24, 2.45) is 0 Å². The number of halogens is 1. The molecule has 1 aromatic rings. The normalized spacial score (nSPS) is 11.3. The fourth-order valence-electron chi connectivity index (χ4n) is 1.10. The monoisotopic (exact) mass is 268 g/mol. The van der Waals surface area contributed by atoms with Crippen LogP contribution in [0.25, 0.3) is 6.08 Å². The fourth-order valence-corrected chi connectivity index (χ4v) is 1.36. The minimum Gasteiger partial charge on any atom is -0.461 e. The number of carbonyl (C=O) groups excluding carboxylic acids is 1. The zero-order valence-electron chi connectivity index (χ0n) is 8.79. The van der Waals surface area contributed by atoms with Crippen molar-refractivity contribution in [2.45, 2.75) is 13.8 Å². The smallest absolute Gasteiger partial charge is 0.302 e. The van der Waals surface area contributed by atoms with Crippen LogP contribution in [0.4, 0.5) is 0 Å². The molecule has 0 aliphatic heterocycles. The number of esters is 1. The van der Waals surface area contributed by atoms with Gasteiger partial charge in [0.05, 0.1) is 0 Å². The molecule has 0 aliphatic carbocycles. The van der Waals surface area contributed by atoms with E-state index in [0.29, 0.717) is 6.61 Å². The van der Waals surface area contributed by atoms with E-state index in [9.17, 15) is 4.79 Å². The first-order chi connectivity index (χ1) is 7.08. The molecule has 0 heterocycles. The van der Waals surface area contributed by atoms with E-state index in [1.807, 2.05) is 37.3 Å². The van der Waals surface area contributed by atoms with Gasteiger partial charge in [-0.2, -0.15) is 0 Å². The minimum absolute atomic E-state index is 0.251. The molecule has 1 aromatic carbocycles. The first kappa shape index (κ1) is 12.0. The second-order valence-electron chi connectivity index (χ2n) is 3.32. The van der Waals surface area contributed by atoms with Crippen LogP contribution < -0.4 is 0 Å². The zero-order valence-corrected chi connectivity index (χ0v) is 10.4. The van der Waals surface area contributed by atoms with E-state index in [1.54, 1.807) is 0 Å². The molecule has 0 N–H and O–H groups in total. The molecule has 15 heavy (non-hydrogen) atoms. The molecule has 0 amide bonds. The van der Waals surface area contributed by atoms with Gasteiger partial charge in [0.1, 0.15) is 6.61 Å². The van der Waals surface area contributed by atoms with Crippen molar-refractivity contribution >= 4 is 28.0 Å². The van der Waals surface area contributed by atoms with Gasteiger partial charge in [0.15, 0.2) is 0 Å². The van der Waals surface area contributed by atoms with E-state index < -0.39 is 0 Å². The molecule has 0 radical (unpaired) electrons. The third-order valence-electron chi connectivity index (χ3n) is 1.79. The molecule has 80 valence electrons. The Balaban J connectivity index is 2.62. The van der Waals surface area contributed by atoms with Gasteiger partial charge in [-0.15, -0.1) is 0 Å². The van der Waals surface area contributed by atoms with Crippen LogP contribution in [0, 0.1) is 0 Å². The Bertz CT molecular complexity index is 366. The summed E-state index contributed by atoms with van der Waals surface area (Å²) in [6.45, 7) is 3.70. The average Bonchev–Trinajstić information content (AvgIpc) is 2.19. The van der Waals surface area contributed by atoms with Crippen molar-refractivity contribution < 1.29 is 9.53 Å². The third-order valence-corrected chi connectivity index (χ3v) is 2.31. The van der Waals surface area contributed by atoms with Crippen LogP contribution in [-0.2, 0) is 9.53 Å². The first-order valence-electron chi connectivity index (χ1n) is 4.64. The van der Waals surface area contributed by atoms with Gasteiger partial charge >= 0.3 is 5.97 Å². The molecule has 3 heteroatoms. The van der Waals surface area contributed by atoms with Crippen molar-refractivity contribution in [2.75, 3.05) is 6.61 Å². The lowest BCUT2D eigenvalue weighted by atomic mass is 10.1. The summed E-state index contributed by atoms with van der Waals surface area (Å²) >= 11 is 3.37. The lowest BCUT2D eigenvalue weighted by Crippen LogP contribution is -2.01. The van der Waals surface area contributed by atoms with Crippen molar-refractivity contribution in [3.8, 4) is 0 Å². The van der Waals surface area contributed by atoms with Gasteiger partial charge in [-0.25, -0.2) is 0 Å². The molecule has 0 bridgehead atoms. The highest BCUT2D eigenvalue weighted by molar-refractivity contribution is 9.10. The molecule has 1 rings (SSSR count). The van der Waals surface area contributed by atoms with Crippen LogP contribution in [0.2, 0.25) is 0 Å². The van der Waals surface area contributed by atoms with Gasteiger partial charge in [0, 0.05) is 11.4 Å². The summed E-state index contributed by atoms with van der Waals surface area (Å²) in [4.78, 5) is 10.6. The van der Waals surface area contributed by atoms with Gasteiger partial charge < -0.3 is 4.74 Å². The summed E-state index contributed by atoms with van der Waals surface area (Å²) in [5.41, 5.74) is 2.12. The van der Waals surface area contributed by atoms with Gasteiger partial charge in [0.2, 0.25) is 0 Å². The van der Waals surface area contributed by atoms with E-state index in [2.05, 4.69) is 15.9 Å². The predicted molar refractivity (Wildman–Crippen MR) is 64.4 cm³/mol. The molecule has 0 atom stereocenters. The number of ether oxygens (including phenoxy) is 1. The maximum absolute atomic E-state index is 10.6. The molecular weight excluding hydrogens is 256 g/mol. The summed E-state index contributed by atoms with van der Waals surface area (Å²) in [5.74, 6) is -0.251. The second kappa shape index (κ2) is 5.71. The number of hydrogen-bond donors (Lipinski definition) is 0. The molecular formula is C12H13BrO2. The van der Waals surface area contributed by atoms with Crippen LogP contribution in [0.3, 0.4) is 0 Å². The highest BCUT2D eigenvalue weighted by Gasteiger charge is 1.95. The van der Waals surface area contributed by atoms with Crippen LogP contribution in [0.1, 0.15) is 19.4 Å². The Hall–Kier alpha value is -1.09.